The third-order valence-electron chi connectivity index (χ3n) is 6.26. The SMILES string of the molecule is O=C(O)C(Cc1ccc(O)c(Br)c1)OC(=O)N1CCC(N2CCc3ccccc3NC2=O)CC1. The van der Waals surface area contributed by atoms with Crippen molar-refractivity contribution in [3.8, 4) is 5.75 Å². The van der Waals surface area contributed by atoms with Gasteiger partial charge < -0.3 is 30.1 Å². The number of ether oxygens (including phenoxy) is 1. The number of benzene rings is 2. The van der Waals surface area contributed by atoms with E-state index in [1.807, 2.05) is 29.2 Å². The van der Waals surface area contributed by atoms with E-state index in [-0.39, 0.29) is 24.2 Å². The molecule has 3 N–H and O–H groups in total. The van der Waals surface area contributed by atoms with Crippen LogP contribution in [0.25, 0.3) is 0 Å². The monoisotopic (exact) mass is 531 g/mol. The molecular weight excluding hydrogens is 506 g/mol. The van der Waals surface area contributed by atoms with Crippen LogP contribution in [0.1, 0.15) is 24.0 Å². The van der Waals surface area contributed by atoms with E-state index >= 15 is 0 Å². The van der Waals surface area contributed by atoms with Crippen molar-refractivity contribution in [2.75, 3.05) is 25.0 Å². The Hall–Kier alpha value is -3.27. The fraction of sp³-hybridized carbons (Fsp3) is 0.375. The minimum Gasteiger partial charge on any atom is -0.507 e. The zero-order valence-electron chi connectivity index (χ0n) is 18.4. The Balaban J connectivity index is 1.32. The number of likely N-dealkylation sites (tertiary alicyclic amines) is 1. The van der Waals surface area contributed by atoms with Crippen molar-refractivity contribution in [3.05, 3.63) is 58.1 Å². The lowest BCUT2D eigenvalue weighted by Gasteiger charge is -2.37. The van der Waals surface area contributed by atoms with Gasteiger partial charge in [0.15, 0.2) is 0 Å². The number of phenols is 1. The first-order valence-electron chi connectivity index (χ1n) is 11.1. The lowest BCUT2D eigenvalue weighted by atomic mass is 10.0. The van der Waals surface area contributed by atoms with E-state index in [2.05, 4.69) is 21.2 Å². The van der Waals surface area contributed by atoms with Crippen LogP contribution in [0.3, 0.4) is 0 Å². The minimum atomic E-state index is -1.35. The summed E-state index contributed by atoms with van der Waals surface area (Å²) < 4.78 is 5.74. The summed E-state index contributed by atoms with van der Waals surface area (Å²) in [5.74, 6) is -1.20. The molecule has 1 fully saturated rings. The molecule has 0 aliphatic carbocycles. The highest BCUT2D eigenvalue weighted by atomic mass is 79.9. The Bertz CT molecular complexity index is 1090. The quantitative estimate of drug-likeness (QED) is 0.539. The molecule has 10 heteroatoms. The van der Waals surface area contributed by atoms with Gasteiger partial charge in [-0.15, -0.1) is 0 Å². The average Bonchev–Trinajstić information content (AvgIpc) is 2.99. The minimum absolute atomic E-state index is 0.0111. The van der Waals surface area contributed by atoms with E-state index < -0.39 is 18.2 Å². The summed E-state index contributed by atoms with van der Waals surface area (Å²) in [4.78, 5) is 40.4. The predicted octanol–water partition coefficient (Wildman–Crippen LogP) is 3.84. The number of piperidine rings is 1. The van der Waals surface area contributed by atoms with Gasteiger partial charge in [0.2, 0.25) is 6.10 Å². The highest BCUT2D eigenvalue weighted by Crippen LogP contribution is 2.26. The summed E-state index contributed by atoms with van der Waals surface area (Å²) in [5, 5.41) is 22.1. The van der Waals surface area contributed by atoms with Crippen LogP contribution in [0.5, 0.6) is 5.75 Å². The second kappa shape index (κ2) is 10.3. The molecule has 0 aromatic heterocycles. The van der Waals surface area contributed by atoms with E-state index in [0.29, 0.717) is 42.5 Å². The van der Waals surface area contributed by atoms with Gasteiger partial charge in [-0.05, 0) is 64.5 Å². The summed E-state index contributed by atoms with van der Waals surface area (Å²) in [5.41, 5.74) is 2.54. The average molecular weight is 532 g/mol. The molecule has 2 aliphatic rings. The highest BCUT2D eigenvalue weighted by molar-refractivity contribution is 9.10. The lowest BCUT2D eigenvalue weighted by molar-refractivity contribution is -0.147. The molecule has 1 unspecified atom stereocenters. The van der Waals surface area contributed by atoms with E-state index in [0.717, 1.165) is 17.7 Å². The van der Waals surface area contributed by atoms with Gasteiger partial charge in [-0.25, -0.2) is 14.4 Å². The normalized spacial score (nSPS) is 17.4. The van der Waals surface area contributed by atoms with Crippen molar-refractivity contribution in [1.29, 1.82) is 0 Å². The number of hydrogen-bond donors (Lipinski definition) is 3. The molecule has 1 atom stereocenters. The first-order chi connectivity index (χ1) is 16.3. The van der Waals surface area contributed by atoms with Crippen LogP contribution in [0, 0.1) is 0 Å². The molecule has 0 bridgehead atoms. The standard InChI is InChI=1S/C24H26BrN3O6/c25-18-13-15(5-6-20(18)29)14-21(22(30)31)34-24(33)27-10-8-17(9-11-27)28-12-7-16-3-1-2-4-19(16)26-23(28)32/h1-6,13,17,21,29H,7-12,14H2,(H,26,32)(H,30,31). The first-order valence-corrected chi connectivity index (χ1v) is 11.9. The fourth-order valence-electron chi connectivity index (χ4n) is 4.37. The van der Waals surface area contributed by atoms with Crippen LogP contribution in [0.2, 0.25) is 0 Å². The summed E-state index contributed by atoms with van der Waals surface area (Å²) in [6.45, 7) is 1.34. The van der Waals surface area contributed by atoms with Crippen LogP contribution >= 0.6 is 15.9 Å². The number of carbonyl (C=O) groups excluding carboxylic acids is 2. The number of nitrogens with zero attached hydrogens (tertiary/aromatic N) is 2. The summed E-state index contributed by atoms with van der Waals surface area (Å²) in [6, 6.07) is 12.2. The van der Waals surface area contributed by atoms with E-state index in [9.17, 15) is 24.6 Å². The Morgan fingerprint density at radius 2 is 1.88 bits per heavy atom. The number of aliphatic carboxylic acids is 1. The fourth-order valence-corrected chi connectivity index (χ4v) is 4.79. The van der Waals surface area contributed by atoms with E-state index in [4.69, 9.17) is 4.74 Å². The van der Waals surface area contributed by atoms with Gasteiger partial charge in [-0.3, -0.25) is 0 Å². The number of amides is 3. The van der Waals surface area contributed by atoms with Crippen molar-refractivity contribution in [2.24, 2.45) is 0 Å². The molecule has 0 spiro atoms. The van der Waals surface area contributed by atoms with Crippen molar-refractivity contribution in [3.63, 3.8) is 0 Å². The van der Waals surface area contributed by atoms with Gasteiger partial charge in [0, 0.05) is 37.8 Å². The number of urea groups is 1. The van der Waals surface area contributed by atoms with Gasteiger partial charge in [0.05, 0.1) is 4.47 Å². The summed E-state index contributed by atoms with van der Waals surface area (Å²) in [7, 11) is 0. The summed E-state index contributed by atoms with van der Waals surface area (Å²) in [6.07, 6.45) is -0.133. The molecule has 1 saturated heterocycles. The van der Waals surface area contributed by atoms with Crippen molar-refractivity contribution < 1.29 is 29.3 Å². The van der Waals surface area contributed by atoms with E-state index in [1.54, 1.807) is 12.1 Å². The number of para-hydroxylation sites is 1. The number of rotatable bonds is 5. The number of carboxylic acid groups (broad SMARTS) is 1. The van der Waals surface area contributed by atoms with Crippen LogP contribution < -0.4 is 5.32 Å². The smallest absolute Gasteiger partial charge is 0.410 e. The number of nitrogens with one attached hydrogen (secondary N) is 1. The maximum atomic E-state index is 12.8. The van der Waals surface area contributed by atoms with Crippen molar-refractivity contribution in [2.45, 2.75) is 37.8 Å². The number of fused-ring (bicyclic) bond motifs is 1. The number of halogens is 1. The Kier molecular flexibility index (Phi) is 7.26. The lowest BCUT2D eigenvalue weighted by Crippen LogP contribution is -2.50. The van der Waals surface area contributed by atoms with Crippen molar-refractivity contribution >= 4 is 39.7 Å². The highest BCUT2D eigenvalue weighted by Gasteiger charge is 2.33. The van der Waals surface area contributed by atoms with E-state index in [1.165, 1.54) is 11.0 Å². The summed E-state index contributed by atoms with van der Waals surface area (Å²) >= 11 is 3.20. The molecule has 2 aliphatic heterocycles. The molecule has 2 heterocycles. The maximum absolute atomic E-state index is 12.8. The van der Waals surface area contributed by atoms with Gasteiger partial charge in [-0.1, -0.05) is 24.3 Å². The molecule has 2 aromatic carbocycles. The first kappa shape index (κ1) is 23.9. The molecule has 0 saturated carbocycles. The van der Waals surface area contributed by atoms with Gasteiger partial charge in [0.1, 0.15) is 5.75 Å². The molecule has 0 radical (unpaired) electrons. The van der Waals surface area contributed by atoms with Crippen LogP contribution in [-0.2, 0) is 22.4 Å². The van der Waals surface area contributed by atoms with Crippen LogP contribution in [0.4, 0.5) is 15.3 Å². The van der Waals surface area contributed by atoms with Crippen LogP contribution in [-0.4, -0.2) is 69.9 Å². The zero-order chi connectivity index (χ0) is 24.2. The number of anilines is 1. The maximum Gasteiger partial charge on any atom is 0.410 e. The second-order valence-corrected chi connectivity index (χ2v) is 9.30. The third-order valence-corrected chi connectivity index (χ3v) is 6.89. The number of phenolic OH excluding ortho intramolecular Hbond substituents is 1. The Morgan fingerprint density at radius 3 is 2.59 bits per heavy atom. The van der Waals surface area contributed by atoms with Gasteiger partial charge in [0.25, 0.3) is 0 Å². The van der Waals surface area contributed by atoms with Gasteiger partial charge in [-0.2, -0.15) is 0 Å². The molecule has 3 amide bonds. The zero-order valence-corrected chi connectivity index (χ0v) is 20.0. The number of carboxylic acids is 1. The number of hydrogen-bond acceptors (Lipinski definition) is 5. The topological polar surface area (TPSA) is 119 Å². The molecule has 180 valence electrons. The molecule has 2 aromatic rings. The third kappa shape index (κ3) is 5.44. The number of aromatic hydroxyl groups is 1. The number of carbonyl (C=O) groups is 3. The van der Waals surface area contributed by atoms with Crippen molar-refractivity contribution in [1.82, 2.24) is 9.80 Å². The molecule has 9 nitrogen and oxygen atoms in total. The Labute approximate surface area is 205 Å². The molecule has 34 heavy (non-hydrogen) atoms. The second-order valence-electron chi connectivity index (χ2n) is 8.45. The van der Waals surface area contributed by atoms with Crippen LogP contribution in [0.15, 0.2) is 46.9 Å². The largest absolute Gasteiger partial charge is 0.507 e. The predicted molar refractivity (Wildman–Crippen MR) is 128 cm³/mol. The molecular formula is C24H26BrN3O6. The molecule has 4 rings (SSSR count). The van der Waals surface area contributed by atoms with Gasteiger partial charge >= 0.3 is 18.1 Å². The Morgan fingerprint density at radius 1 is 1.15 bits per heavy atom.